The summed E-state index contributed by atoms with van der Waals surface area (Å²) in [4.78, 5) is 37.1. The Kier molecular flexibility index (Phi) is 8.06. The number of ether oxygens (including phenoxy) is 1. The predicted molar refractivity (Wildman–Crippen MR) is 101 cm³/mol. The summed E-state index contributed by atoms with van der Waals surface area (Å²) in [6, 6.07) is 6.50. The summed E-state index contributed by atoms with van der Waals surface area (Å²) in [5.41, 5.74) is 11.0. The molecule has 0 aromatic heterocycles. The quantitative estimate of drug-likeness (QED) is 0.575. The molecule has 2 rings (SSSR count). The van der Waals surface area contributed by atoms with Gasteiger partial charge in [-0.2, -0.15) is 0 Å². The number of piperidine rings is 1. The maximum Gasteiger partial charge on any atom is 0.248 e. The summed E-state index contributed by atoms with van der Waals surface area (Å²) in [5.74, 6) is 0.0169. The Balaban J connectivity index is 1.79. The molecule has 0 bridgehead atoms. The van der Waals surface area contributed by atoms with Crippen molar-refractivity contribution in [3.05, 3.63) is 29.8 Å². The first-order chi connectivity index (χ1) is 13.0. The monoisotopic (exact) mass is 376 g/mol. The number of nitrogens with two attached hydrogens (primary N) is 2. The van der Waals surface area contributed by atoms with Crippen molar-refractivity contribution in [1.29, 1.82) is 0 Å². The molecule has 8 heteroatoms. The number of hydrogen-bond donors (Lipinski definition) is 3. The Morgan fingerprint density at radius 2 is 1.89 bits per heavy atom. The van der Waals surface area contributed by atoms with Crippen LogP contribution >= 0.6 is 0 Å². The largest absolute Gasteiger partial charge is 0.493 e. The number of amides is 3. The normalized spacial score (nSPS) is 16.6. The van der Waals surface area contributed by atoms with Crippen LogP contribution in [0.25, 0.3) is 0 Å². The van der Waals surface area contributed by atoms with E-state index >= 15 is 0 Å². The maximum atomic E-state index is 12.6. The van der Waals surface area contributed by atoms with Gasteiger partial charge in [-0.3, -0.25) is 14.4 Å². The SMILES string of the molecule is NCCC(=O)NCC1CCCCN1C(=O)CCOc1ccc(C(N)=O)cc1. The molecule has 1 aliphatic heterocycles. The molecule has 1 aliphatic rings. The molecule has 27 heavy (non-hydrogen) atoms. The van der Waals surface area contributed by atoms with Crippen LogP contribution in [0.3, 0.4) is 0 Å². The van der Waals surface area contributed by atoms with E-state index in [1.54, 1.807) is 24.3 Å². The van der Waals surface area contributed by atoms with Crippen LogP contribution < -0.4 is 21.5 Å². The van der Waals surface area contributed by atoms with Gasteiger partial charge in [-0.25, -0.2) is 0 Å². The zero-order valence-corrected chi connectivity index (χ0v) is 15.5. The molecule has 5 N–H and O–H groups in total. The third-order valence-corrected chi connectivity index (χ3v) is 4.58. The van der Waals surface area contributed by atoms with Crippen molar-refractivity contribution in [2.24, 2.45) is 11.5 Å². The van der Waals surface area contributed by atoms with Crippen molar-refractivity contribution < 1.29 is 19.1 Å². The van der Waals surface area contributed by atoms with E-state index in [2.05, 4.69) is 5.32 Å². The van der Waals surface area contributed by atoms with E-state index in [0.717, 1.165) is 19.3 Å². The van der Waals surface area contributed by atoms with Crippen LogP contribution in [-0.4, -0.2) is 54.9 Å². The second kappa shape index (κ2) is 10.5. The van der Waals surface area contributed by atoms with Gasteiger partial charge in [0.05, 0.1) is 13.0 Å². The molecule has 8 nitrogen and oxygen atoms in total. The van der Waals surface area contributed by atoms with Gasteiger partial charge in [0.25, 0.3) is 0 Å². The number of nitrogens with zero attached hydrogens (tertiary/aromatic N) is 1. The lowest BCUT2D eigenvalue weighted by molar-refractivity contribution is -0.136. The maximum absolute atomic E-state index is 12.6. The fraction of sp³-hybridized carbons (Fsp3) is 0.526. The molecule has 1 aromatic carbocycles. The first-order valence-corrected chi connectivity index (χ1v) is 9.30. The van der Waals surface area contributed by atoms with Crippen molar-refractivity contribution in [3.8, 4) is 5.75 Å². The van der Waals surface area contributed by atoms with Crippen molar-refractivity contribution in [3.63, 3.8) is 0 Å². The fourth-order valence-corrected chi connectivity index (χ4v) is 3.11. The molecule has 148 valence electrons. The van der Waals surface area contributed by atoms with E-state index in [1.165, 1.54) is 0 Å². The molecule has 1 fully saturated rings. The summed E-state index contributed by atoms with van der Waals surface area (Å²) in [5, 5.41) is 2.85. The first kappa shape index (κ1) is 20.7. The molecule has 0 saturated carbocycles. The van der Waals surface area contributed by atoms with E-state index < -0.39 is 5.91 Å². The van der Waals surface area contributed by atoms with E-state index in [4.69, 9.17) is 16.2 Å². The number of hydrogen-bond acceptors (Lipinski definition) is 5. The topological polar surface area (TPSA) is 128 Å². The smallest absolute Gasteiger partial charge is 0.248 e. The van der Waals surface area contributed by atoms with Crippen LogP contribution in [0.5, 0.6) is 5.75 Å². The predicted octanol–water partition coefficient (Wildman–Crippen LogP) is 0.401. The van der Waals surface area contributed by atoms with Gasteiger partial charge in [0, 0.05) is 37.7 Å². The Hall–Kier alpha value is -2.61. The molecule has 1 aromatic rings. The lowest BCUT2D eigenvalue weighted by Crippen LogP contribution is -2.49. The second-order valence-corrected chi connectivity index (χ2v) is 6.57. The molecule has 1 saturated heterocycles. The number of carbonyl (C=O) groups excluding carboxylic acids is 3. The van der Waals surface area contributed by atoms with Crippen LogP contribution in [-0.2, 0) is 9.59 Å². The van der Waals surface area contributed by atoms with E-state index in [9.17, 15) is 14.4 Å². The zero-order valence-electron chi connectivity index (χ0n) is 15.5. The summed E-state index contributed by atoms with van der Waals surface area (Å²) in [6.07, 6.45) is 3.44. The van der Waals surface area contributed by atoms with Crippen LogP contribution in [0.1, 0.15) is 42.5 Å². The molecule has 0 spiro atoms. The molecule has 1 heterocycles. The number of primary amides is 1. The van der Waals surface area contributed by atoms with Crippen molar-refractivity contribution in [2.75, 3.05) is 26.2 Å². The lowest BCUT2D eigenvalue weighted by atomic mass is 10.0. The summed E-state index contributed by atoms with van der Waals surface area (Å²) in [7, 11) is 0. The van der Waals surface area contributed by atoms with Crippen LogP contribution in [0.2, 0.25) is 0 Å². The molecule has 0 radical (unpaired) electrons. The Labute approximate surface area is 159 Å². The van der Waals surface area contributed by atoms with Gasteiger partial charge in [-0.05, 0) is 43.5 Å². The van der Waals surface area contributed by atoms with Gasteiger partial charge in [0.15, 0.2) is 0 Å². The highest BCUT2D eigenvalue weighted by Crippen LogP contribution is 2.18. The van der Waals surface area contributed by atoms with Gasteiger partial charge in [0.1, 0.15) is 5.75 Å². The Bertz CT molecular complexity index is 648. The number of carbonyl (C=O) groups is 3. The van der Waals surface area contributed by atoms with Gasteiger partial charge < -0.3 is 26.4 Å². The second-order valence-electron chi connectivity index (χ2n) is 6.57. The molecule has 1 unspecified atom stereocenters. The number of rotatable bonds is 9. The van der Waals surface area contributed by atoms with Crippen molar-refractivity contribution in [1.82, 2.24) is 10.2 Å². The number of likely N-dealkylation sites (tertiary alicyclic amines) is 1. The average molecular weight is 376 g/mol. The molecular weight excluding hydrogens is 348 g/mol. The standard InChI is InChI=1S/C19H28N4O4/c20-10-8-17(24)22-13-15-3-1-2-11-23(15)18(25)9-12-27-16-6-4-14(5-7-16)19(21)26/h4-7,15H,1-3,8-13,20H2,(H2,21,26)(H,22,24). The van der Waals surface area contributed by atoms with Gasteiger partial charge in [0.2, 0.25) is 17.7 Å². The number of benzene rings is 1. The summed E-state index contributed by atoms with van der Waals surface area (Å²) < 4.78 is 5.58. The Morgan fingerprint density at radius 1 is 1.15 bits per heavy atom. The van der Waals surface area contributed by atoms with Crippen LogP contribution in [0.15, 0.2) is 24.3 Å². The first-order valence-electron chi connectivity index (χ1n) is 9.30. The lowest BCUT2D eigenvalue weighted by Gasteiger charge is -2.36. The van der Waals surface area contributed by atoms with Crippen LogP contribution in [0.4, 0.5) is 0 Å². The molecule has 1 atom stereocenters. The summed E-state index contributed by atoms with van der Waals surface area (Å²) >= 11 is 0. The van der Waals surface area contributed by atoms with Gasteiger partial charge >= 0.3 is 0 Å². The highest BCUT2D eigenvalue weighted by molar-refractivity contribution is 5.92. The fourth-order valence-electron chi connectivity index (χ4n) is 3.11. The highest BCUT2D eigenvalue weighted by atomic mass is 16.5. The summed E-state index contributed by atoms with van der Waals surface area (Å²) in [6.45, 7) is 1.72. The minimum absolute atomic E-state index is 0.0153. The molecule has 3 amide bonds. The van der Waals surface area contributed by atoms with Crippen molar-refractivity contribution in [2.45, 2.75) is 38.1 Å². The molecule has 0 aliphatic carbocycles. The molecular formula is C19H28N4O4. The van der Waals surface area contributed by atoms with Crippen LogP contribution in [0, 0.1) is 0 Å². The zero-order chi connectivity index (χ0) is 19.6. The van der Waals surface area contributed by atoms with E-state index in [-0.39, 0.29) is 30.9 Å². The minimum atomic E-state index is -0.494. The van der Waals surface area contributed by atoms with Gasteiger partial charge in [-0.15, -0.1) is 0 Å². The van der Waals surface area contributed by atoms with Crippen molar-refractivity contribution >= 4 is 17.7 Å². The third-order valence-electron chi connectivity index (χ3n) is 4.58. The van der Waals surface area contributed by atoms with E-state index in [0.29, 0.717) is 37.4 Å². The Morgan fingerprint density at radius 3 is 2.56 bits per heavy atom. The average Bonchev–Trinajstić information content (AvgIpc) is 2.67. The minimum Gasteiger partial charge on any atom is -0.493 e. The third kappa shape index (κ3) is 6.56. The highest BCUT2D eigenvalue weighted by Gasteiger charge is 2.26. The van der Waals surface area contributed by atoms with Gasteiger partial charge in [-0.1, -0.05) is 0 Å². The number of nitrogens with one attached hydrogen (secondary N) is 1. The van der Waals surface area contributed by atoms with E-state index in [1.807, 2.05) is 4.90 Å².